The van der Waals surface area contributed by atoms with Gasteiger partial charge in [-0.3, -0.25) is 4.90 Å². The lowest BCUT2D eigenvalue weighted by molar-refractivity contribution is 0.232. The van der Waals surface area contributed by atoms with Gasteiger partial charge >= 0.3 is 12.1 Å². The van der Waals surface area contributed by atoms with Gasteiger partial charge in [-0.2, -0.15) is 0 Å². The van der Waals surface area contributed by atoms with E-state index in [1.165, 1.54) is 6.42 Å². The van der Waals surface area contributed by atoms with Gasteiger partial charge in [-0.05, 0) is 68.3 Å². The Hall–Kier alpha value is -4.00. The highest BCUT2D eigenvalue weighted by atomic mass is 16.5. The molecule has 0 aliphatic heterocycles. The van der Waals surface area contributed by atoms with Crippen molar-refractivity contribution in [3.05, 3.63) is 84.4 Å². The Bertz CT molecular complexity index is 1110. The summed E-state index contributed by atoms with van der Waals surface area (Å²) < 4.78 is 5.88. The number of nitrogens with one attached hydrogen (secondary N) is 3. The average Bonchev–Trinajstić information content (AvgIpc) is 2.90. The van der Waals surface area contributed by atoms with Crippen molar-refractivity contribution in [2.24, 2.45) is 0 Å². The molecule has 1 fully saturated rings. The maximum Gasteiger partial charge on any atom is 0.326 e. The predicted molar refractivity (Wildman–Crippen MR) is 144 cm³/mol. The lowest BCUT2D eigenvalue weighted by atomic mass is 9.96. The van der Waals surface area contributed by atoms with Crippen molar-refractivity contribution < 1.29 is 14.3 Å². The second-order valence-corrected chi connectivity index (χ2v) is 9.09. The van der Waals surface area contributed by atoms with Crippen LogP contribution in [0, 0.1) is 6.92 Å². The summed E-state index contributed by atoms with van der Waals surface area (Å²) in [5.41, 5.74) is 2.53. The zero-order valence-electron chi connectivity index (χ0n) is 20.7. The zero-order chi connectivity index (χ0) is 25.2. The first-order valence-electron chi connectivity index (χ1n) is 12.6. The Kier molecular flexibility index (Phi) is 8.81. The molecule has 0 bridgehead atoms. The van der Waals surface area contributed by atoms with Crippen LogP contribution in [0.4, 0.5) is 21.0 Å². The van der Waals surface area contributed by atoms with Crippen molar-refractivity contribution >= 4 is 23.4 Å². The minimum atomic E-state index is -0.273. The predicted octanol–water partition coefficient (Wildman–Crippen LogP) is 6.46. The first-order chi connectivity index (χ1) is 17.6. The minimum absolute atomic E-state index is 0.188. The quantitative estimate of drug-likeness (QED) is 0.342. The van der Waals surface area contributed by atoms with Gasteiger partial charge in [0.15, 0.2) is 0 Å². The van der Waals surface area contributed by atoms with Gasteiger partial charge in [0.25, 0.3) is 0 Å². The van der Waals surface area contributed by atoms with Crippen molar-refractivity contribution in [2.75, 3.05) is 23.3 Å². The van der Waals surface area contributed by atoms with Gasteiger partial charge in [-0.15, -0.1) is 0 Å². The maximum absolute atomic E-state index is 13.2. The highest BCUT2D eigenvalue weighted by Gasteiger charge is 2.18. The molecule has 0 spiro atoms. The molecule has 3 aromatic carbocycles. The van der Waals surface area contributed by atoms with Crippen molar-refractivity contribution in [1.29, 1.82) is 0 Å². The maximum atomic E-state index is 13.2. The van der Waals surface area contributed by atoms with E-state index in [1.807, 2.05) is 85.8 Å². The third-order valence-electron chi connectivity index (χ3n) is 6.24. The monoisotopic (exact) mass is 486 g/mol. The van der Waals surface area contributed by atoms with Gasteiger partial charge in [0.05, 0.1) is 0 Å². The van der Waals surface area contributed by atoms with E-state index in [-0.39, 0.29) is 18.1 Å². The first-order valence-corrected chi connectivity index (χ1v) is 12.6. The molecule has 36 heavy (non-hydrogen) atoms. The summed E-state index contributed by atoms with van der Waals surface area (Å²) in [6.07, 6.45) is 5.59. The number of hydrogen-bond acceptors (Lipinski definition) is 3. The number of hydrogen-bond donors (Lipinski definition) is 3. The van der Waals surface area contributed by atoms with Crippen LogP contribution in [0.2, 0.25) is 0 Å². The van der Waals surface area contributed by atoms with Crippen LogP contribution in [0.15, 0.2) is 78.9 Å². The number of carbonyl (C=O) groups excluding carboxylic acids is 2. The van der Waals surface area contributed by atoms with Crippen LogP contribution >= 0.6 is 0 Å². The molecule has 7 heteroatoms. The van der Waals surface area contributed by atoms with Crippen LogP contribution < -0.4 is 25.6 Å². The SMILES string of the molecule is Cc1ccc(NC(=O)N(CCNC(=O)NC2CCCCC2)c2ccc(Oc3ccccc3)cc2)cc1. The second kappa shape index (κ2) is 12.6. The Morgan fingerprint density at radius 1 is 0.861 bits per heavy atom. The molecule has 1 aliphatic carbocycles. The summed E-state index contributed by atoms with van der Waals surface area (Å²) in [7, 11) is 0. The van der Waals surface area contributed by atoms with Crippen LogP contribution in [0.1, 0.15) is 37.7 Å². The van der Waals surface area contributed by atoms with E-state index in [1.54, 1.807) is 4.90 Å². The number of carbonyl (C=O) groups is 2. The van der Waals surface area contributed by atoms with Crippen LogP contribution in [0.5, 0.6) is 11.5 Å². The van der Waals surface area contributed by atoms with Crippen molar-refractivity contribution in [3.8, 4) is 11.5 Å². The van der Waals surface area contributed by atoms with Crippen molar-refractivity contribution in [1.82, 2.24) is 10.6 Å². The van der Waals surface area contributed by atoms with E-state index in [4.69, 9.17) is 4.74 Å². The molecule has 0 unspecified atom stereocenters. The Balaban J connectivity index is 1.40. The topological polar surface area (TPSA) is 82.7 Å². The molecule has 0 radical (unpaired) electrons. The van der Waals surface area contributed by atoms with E-state index in [0.29, 0.717) is 30.2 Å². The summed E-state index contributed by atoms with van der Waals surface area (Å²) in [4.78, 5) is 27.2. The van der Waals surface area contributed by atoms with Gasteiger partial charge in [-0.25, -0.2) is 9.59 Å². The fraction of sp³-hybridized carbons (Fsp3) is 0.310. The van der Waals surface area contributed by atoms with Gasteiger partial charge in [0.2, 0.25) is 0 Å². The van der Waals surface area contributed by atoms with E-state index < -0.39 is 0 Å². The Labute approximate surface area is 212 Å². The number of para-hydroxylation sites is 1. The zero-order valence-corrected chi connectivity index (χ0v) is 20.7. The van der Waals surface area contributed by atoms with Crippen LogP contribution in [-0.4, -0.2) is 31.2 Å². The fourth-order valence-electron chi connectivity index (χ4n) is 4.26. The molecule has 3 aromatic rings. The molecular weight excluding hydrogens is 452 g/mol. The van der Waals surface area contributed by atoms with Crippen LogP contribution in [0.25, 0.3) is 0 Å². The molecule has 4 amide bonds. The highest BCUT2D eigenvalue weighted by molar-refractivity contribution is 6.01. The number of amides is 4. The van der Waals surface area contributed by atoms with E-state index in [9.17, 15) is 9.59 Å². The fourth-order valence-corrected chi connectivity index (χ4v) is 4.26. The summed E-state index contributed by atoms with van der Waals surface area (Å²) in [5.74, 6) is 1.42. The van der Waals surface area contributed by atoms with Gasteiger partial charge in [0, 0.05) is 30.5 Å². The number of ether oxygens (including phenoxy) is 1. The minimum Gasteiger partial charge on any atom is -0.457 e. The number of nitrogens with zero attached hydrogens (tertiary/aromatic N) is 1. The highest BCUT2D eigenvalue weighted by Crippen LogP contribution is 2.25. The van der Waals surface area contributed by atoms with Crippen LogP contribution in [0.3, 0.4) is 0 Å². The lowest BCUT2D eigenvalue weighted by Gasteiger charge is -2.25. The van der Waals surface area contributed by atoms with Crippen LogP contribution in [-0.2, 0) is 0 Å². The third kappa shape index (κ3) is 7.50. The van der Waals surface area contributed by atoms with Crippen molar-refractivity contribution in [2.45, 2.75) is 45.1 Å². The third-order valence-corrected chi connectivity index (χ3v) is 6.24. The molecule has 7 nitrogen and oxygen atoms in total. The standard InChI is InChI=1S/C29H34N4O3/c1-22-12-14-24(15-13-22)32-29(35)33(21-20-30-28(34)31-23-8-4-2-5-9-23)25-16-18-27(19-17-25)36-26-10-6-3-7-11-26/h3,6-7,10-19,23H,2,4-5,8-9,20-21H2,1H3,(H,32,35)(H2,30,31,34). The van der Waals surface area contributed by atoms with Gasteiger partial charge < -0.3 is 20.7 Å². The molecule has 188 valence electrons. The molecule has 0 atom stereocenters. The largest absolute Gasteiger partial charge is 0.457 e. The summed E-state index contributed by atoms with van der Waals surface area (Å²) in [6.45, 7) is 2.64. The summed E-state index contributed by atoms with van der Waals surface area (Å²) in [5, 5.41) is 8.91. The summed E-state index contributed by atoms with van der Waals surface area (Å²) in [6, 6.07) is 24.3. The number of rotatable bonds is 8. The molecule has 0 aromatic heterocycles. The molecule has 0 heterocycles. The van der Waals surface area contributed by atoms with E-state index in [0.717, 1.165) is 37.0 Å². The van der Waals surface area contributed by atoms with Gasteiger partial charge in [-0.1, -0.05) is 55.2 Å². The number of urea groups is 2. The Morgan fingerprint density at radius 2 is 1.53 bits per heavy atom. The molecule has 1 saturated carbocycles. The summed E-state index contributed by atoms with van der Waals surface area (Å²) >= 11 is 0. The van der Waals surface area contributed by atoms with Crippen molar-refractivity contribution in [3.63, 3.8) is 0 Å². The number of anilines is 2. The Morgan fingerprint density at radius 3 is 2.22 bits per heavy atom. The normalized spacial score (nSPS) is 13.5. The van der Waals surface area contributed by atoms with Gasteiger partial charge in [0.1, 0.15) is 11.5 Å². The molecule has 3 N–H and O–H groups in total. The smallest absolute Gasteiger partial charge is 0.326 e. The van der Waals surface area contributed by atoms with E-state index >= 15 is 0 Å². The number of benzene rings is 3. The molecule has 4 rings (SSSR count). The first kappa shape index (κ1) is 25.1. The molecule has 0 saturated heterocycles. The lowest BCUT2D eigenvalue weighted by Crippen LogP contribution is -2.46. The average molecular weight is 487 g/mol. The van der Waals surface area contributed by atoms with E-state index in [2.05, 4.69) is 16.0 Å². The second-order valence-electron chi connectivity index (χ2n) is 9.09. The molecular formula is C29H34N4O3. The number of aryl methyl sites for hydroxylation is 1. The molecule has 1 aliphatic rings.